The van der Waals surface area contributed by atoms with Crippen molar-refractivity contribution in [2.75, 3.05) is 19.0 Å². The van der Waals surface area contributed by atoms with Crippen molar-refractivity contribution in [3.63, 3.8) is 0 Å². The number of halogens is 2. The maximum Gasteiger partial charge on any atom is 0.156 e. The molecule has 0 aliphatic heterocycles. The molecule has 0 amide bonds. The average molecular weight is 326 g/mol. The van der Waals surface area contributed by atoms with Gasteiger partial charge in [0.1, 0.15) is 5.75 Å². The Balaban J connectivity index is 2.02. The summed E-state index contributed by atoms with van der Waals surface area (Å²) < 4.78 is 10.5. The molecule has 112 valence electrons. The lowest BCUT2D eigenvalue weighted by atomic mass is 10.2. The van der Waals surface area contributed by atoms with Crippen molar-refractivity contribution < 1.29 is 9.47 Å². The maximum atomic E-state index is 6.12. The molecule has 0 radical (unpaired) electrons. The summed E-state index contributed by atoms with van der Waals surface area (Å²) in [6.45, 7) is 3.25. The van der Waals surface area contributed by atoms with Crippen LogP contribution >= 0.6 is 23.2 Å². The summed E-state index contributed by atoms with van der Waals surface area (Å²) in [5.74, 6) is 1.36. The minimum atomic E-state index is 0.503. The largest absolute Gasteiger partial charge is 0.494 e. The van der Waals surface area contributed by atoms with Gasteiger partial charge in [-0.05, 0) is 48.9 Å². The van der Waals surface area contributed by atoms with Crippen molar-refractivity contribution in [2.45, 2.75) is 13.5 Å². The second kappa shape index (κ2) is 7.43. The Morgan fingerprint density at radius 3 is 2.19 bits per heavy atom. The number of benzene rings is 2. The number of nitrogens with one attached hydrogen (secondary N) is 1. The third kappa shape index (κ3) is 4.19. The van der Waals surface area contributed by atoms with Crippen molar-refractivity contribution in [3.05, 3.63) is 52.0 Å². The van der Waals surface area contributed by atoms with E-state index in [9.17, 15) is 0 Å². The van der Waals surface area contributed by atoms with Crippen molar-refractivity contribution in [3.8, 4) is 11.5 Å². The van der Waals surface area contributed by atoms with E-state index in [1.165, 1.54) is 0 Å². The summed E-state index contributed by atoms with van der Waals surface area (Å²) in [4.78, 5) is 0. The summed E-state index contributed by atoms with van der Waals surface area (Å²) in [5, 5.41) is 4.32. The first-order valence-electron chi connectivity index (χ1n) is 6.62. The summed E-state index contributed by atoms with van der Waals surface area (Å²) in [7, 11) is 1.55. The molecule has 2 rings (SSSR count). The molecule has 21 heavy (non-hydrogen) atoms. The molecule has 0 saturated heterocycles. The van der Waals surface area contributed by atoms with Crippen LogP contribution in [0.15, 0.2) is 36.4 Å². The number of methoxy groups -OCH3 is 1. The van der Waals surface area contributed by atoms with E-state index >= 15 is 0 Å². The minimum Gasteiger partial charge on any atom is -0.494 e. The average Bonchev–Trinajstić information content (AvgIpc) is 2.47. The van der Waals surface area contributed by atoms with Crippen LogP contribution < -0.4 is 14.8 Å². The first-order valence-corrected chi connectivity index (χ1v) is 7.38. The number of rotatable bonds is 6. The van der Waals surface area contributed by atoms with Gasteiger partial charge in [-0.1, -0.05) is 23.2 Å². The quantitative estimate of drug-likeness (QED) is 0.809. The lowest BCUT2D eigenvalue weighted by molar-refractivity contribution is 0.340. The van der Waals surface area contributed by atoms with Crippen LogP contribution in [0.3, 0.4) is 0 Å². The van der Waals surface area contributed by atoms with E-state index < -0.39 is 0 Å². The Morgan fingerprint density at radius 2 is 1.67 bits per heavy atom. The predicted molar refractivity (Wildman–Crippen MR) is 88.0 cm³/mol. The Kier molecular flexibility index (Phi) is 5.59. The molecule has 0 atom stereocenters. The molecule has 0 bridgehead atoms. The highest BCUT2D eigenvalue weighted by Gasteiger charge is 2.08. The number of hydrogen-bond acceptors (Lipinski definition) is 3. The van der Waals surface area contributed by atoms with Gasteiger partial charge in [0.25, 0.3) is 0 Å². The van der Waals surface area contributed by atoms with Crippen molar-refractivity contribution in [2.24, 2.45) is 0 Å². The Morgan fingerprint density at radius 1 is 1.05 bits per heavy atom. The van der Waals surface area contributed by atoms with Gasteiger partial charge in [0, 0.05) is 12.2 Å². The van der Waals surface area contributed by atoms with E-state index in [1.54, 1.807) is 7.11 Å². The molecule has 0 aliphatic rings. The lowest BCUT2D eigenvalue weighted by Crippen LogP contribution is -2.00. The molecular weight excluding hydrogens is 309 g/mol. The van der Waals surface area contributed by atoms with Gasteiger partial charge in [0.05, 0.1) is 23.8 Å². The van der Waals surface area contributed by atoms with Gasteiger partial charge in [0.2, 0.25) is 0 Å². The topological polar surface area (TPSA) is 30.5 Å². The highest BCUT2D eigenvalue weighted by molar-refractivity contribution is 6.37. The van der Waals surface area contributed by atoms with E-state index in [2.05, 4.69) is 5.32 Å². The van der Waals surface area contributed by atoms with E-state index in [1.807, 2.05) is 43.3 Å². The van der Waals surface area contributed by atoms with Crippen LogP contribution in [-0.4, -0.2) is 13.7 Å². The third-order valence-electron chi connectivity index (χ3n) is 2.92. The molecule has 5 heteroatoms. The van der Waals surface area contributed by atoms with Crippen molar-refractivity contribution in [1.29, 1.82) is 0 Å². The SMILES string of the molecule is CCOc1ccc(NCc2cc(Cl)c(OC)c(Cl)c2)cc1. The van der Waals surface area contributed by atoms with Crippen LogP contribution in [0.2, 0.25) is 10.0 Å². The highest BCUT2D eigenvalue weighted by atomic mass is 35.5. The molecule has 0 fully saturated rings. The molecular formula is C16H17Cl2NO2. The smallest absolute Gasteiger partial charge is 0.156 e. The second-order valence-electron chi connectivity index (χ2n) is 4.40. The van der Waals surface area contributed by atoms with Gasteiger partial charge in [-0.15, -0.1) is 0 Å². The molecule has 0 aromatic heterocycles. The van der Waals surface area contributed by atoms with Crippen molar-refractivity contribution >= 4 is 28.9 Å². The van der Waals surface area contributed by atoms with E-state index in [-0.39, 0.29) is 0 Å². The highest BCUT2D eigenvalue weighted by Crippen LogP contribution is 2.34. The molecule has 1 N–H and O–H groups in total. The number of hydrogen-bond donors (Lipinski definition) is 1. The predicted octanol–water partition coefficient (Wildman–Crippen LogP) is 5.01. The van der Waals surface area contributed by atoms with Crippen LogP contribution in [-0.2, 0) is 6.54 Å². The van der Waals surface area contributed by atoms with Gasteiger partial charge >= 0.3 is 0 Å². The van der Waals surface area contributed by atoms with Gasteiger partial charge in [-0.25, -0.2) is 0 Å². The fraction of sp³-hybridized carbons (Fsp3) is 0.250. The summed E-state index contributed by atoms with van der Waals surface area (Å²) in [6.07, 6.45) is 0. The molecule has 0 spiro atoms. The van der Waals surface area contributed by atoms with Gasteiger partial charge in [0.15, 0.2) is 5.75 Å². The van der Waals surface area contributed by atoms with Gasteiger partial charge < -0.3 is 14.8 Å². The summed E-state index contributed by atoms with van der Waals surface area (Å²) in [5.41, 5.74) is 1.99. The van der Waals surface area contributed by atoms with Crippen LogP contribution in [0, 0.1) is 0 Å². The molecule has 2 aromatic rings. The van der Waals surface area contributed by atoms with Crippen molar-refractivity contribution in [1.82, 2.24) is 0 Å². The fourth-order valence-electron chi connectivity index (χ4n) is 1.95. The zero-order valence-corrected chi connectivity index (χ0v) is 13.5. The van der Waals surface area contributed by atoms with Crippen LogP contribution in [0.4, 0.5) is 5.69 Å². The lowest BCUT2D eigenvalue weighted by Gasteiger charge is -2.11. The van der Waals surface area contributed by atoms with Gasteiger partial charge in [-0.2, -0.15) is 0 Å². The number of ether oxygens (including phenoxy) is 2. The van der Waals surface area contributed by atoms with Gasteiger partial charge in [-0.3, -0.25) is 0 Å². The standard InChI is InChI=1S/C16H17Cl2NO2/c1-3-21-13-6-4-12(5-7-13)19-10-11-8-14(17)16(20-2)15(18)9-11/h4-9,19H,3,10H2,1-2H3. The molecule has 2 aromatic carbocycles. The first-order chi connectivity index (χ1) is 10.1. The fourth-order valence-corrected chi connectivity index (χ4v) is 2.64. The summed E-state index contributed by atoms with van der Waals surface area (Å²) >= 11 is 12.2. The molecule has 0 aliphatic carbocycles. The van der Waals surface area contributed by atoms with Crippen LogP contribution in [0.1, 0.15) is 12.5 Å². The second-order valence-corrected chi connectivity index (χ2v) is 5.22. The molecule has 3 nitrogen and oxygen atoms in total. The van der Waals surface area contributed by atoms with E-state index in [0.29, 0.717) is 28.9 Å². The van der Waals surface area contributed by atoms with Crippen LogP contribution in [0.5, 0.6) is 11.5 Å². The maximum absolute atomic E-state index is 6.12. The molecule has 0 unspecified atom stereocenters. The number of anilines is 1. The normalized spacial score (nSPS) is 10.3. The molecule has 0 saturated carbocycles. The Hall–Kier alpha value is -1.58. The minimum absolute atomic E-state index is 0.503. The third-order valence-corrected chi connectivity index (χ3v) is 3.49. The summed E-state index contributed by atoms with van der Waals surface area (Å²) in [6, 6.07) is 11.5. The zero-order chi connectivity index (χ0) is 15.2. The zero-order valence-electron chi connectivity index (χ0n) is 12.0. The van der Waals surface area contributed by atoms with Crippen LogP contribution in [0.25, 0.3) is 0 Å². The monoisotopic (exact) mass is 325 g/mol. The molecule has 0 heterocycles. The van der Waals surface area contributed by atoms with E-state index in [0.717, 1.165) is 17.0 Å². The van der Waals surface area contributed by atoms with E-state index in [4.69, 9.17) is 32.7 Å². The Bertz CT molecular complexity index is 577. The Labute approximate surface area is 134 Å². The first kappa shape index (κ1) is 15.8.